The zero-order valence-corrected chi connectivity index (χ0v) is 21.8. The monoisotopic (exact) mass is 518 g/mol. The van der Waals surface area contributed by atoms with Crippen LogP contribution < -0.4 is 10.6 Å². The van der Waals surface area contributed by atoms with Gasteiger partial charge >= 0.3 is 0 Å². The number of nitrogens with one attached hydrogen (secondary N) is 2. The number of rotatable bonds is 10. The fraction of sp³-hybridized carbons (Fsp3) is 0.308. The molecule has 3 aromatic rings. The average Bonchev–Trinajstić information content (AvgIpc) is 3.14. The summed E-state index contributed by atoms with van der Waals surface area (Å²) >= 11 is 18.7. The van der Waals surface area contributed by atoms with E-state index in [1.807, 2.05) is 35.8 Å². The Morgan fingerprint density at radius 1 is 1.09 bits per heavy atom. The number of halogens is 3. The van der Waals surface area contributed by atoms with Crippen molar-refractivity contribution >= 4 is 40.7 Å². The van der Waals surface area contributed by atoms with Crippen molar-refractivity contribution in [2.75, 3.05) is 13.1 Å². The Labute approximate surface area is 216 Å². The van der Waals surface area contributed by atoms with Crippen molar-refractivity contribution in [3.05, 3.63) is 81.6 Å². The highest BCUT2D eigenvalue weighted by Crippen LogP contribution is 2.32. The molecule has 2 unspecified atom stereocenters. The third-order valence-corrected chi connectivity index (χ3v) is 6.63. The van der Waals surface area contributed by atoms with Crippen molar-refractivity contribution in [3.63, 3.8) is 0 Å². The number of hydrogen-bond donors (Lipinski definition) is 2. The molecule has 0 bridgehead atoms. The van der Waals surface area contributed by atoms with E-state index in [1.165, 1.54) is 0 Å². The molecule has 0 saturated heterocycles. The van der Waals surface area contributed by atoms with E-state index in [9.17, 15) is 4.79 Å². The van der Waals surface area contributed by atoms with Gasteiger partial charge in [-0.15, -0.1) is 6.58 Å². The molecule has 180 valence electrons. The number of nitrogens with zero attached hydrogens (tertiary/aromatic N) is 2. The van der Waals surface area contributed by atoms with Crippen LogP contribution in [-0.4, -0.2) is 34.6 Å². The minimum Gasteiger partial charge on any atom is -0.349 e. The number of benzene rings is 2. The third-order valence-electron chi connectivity index (χ3n) is 5.84. The van der Waals surface area contributed by atoms with Crippen molar-refractivity contribution < 1.29 is 4.79 Å². The number of carbonyl (C=O) groups is 1. The maximum Gasteiger partial charge on any atom is 0.271 e. The highest BCUT2D eigenvalue weighted by Gasteiger charge is 2.23. The third kappa shape index (κ3) is 6.22. The lowest BCUT2D eigenvalue weighted by Crippen LogP contribution is -2.38. The molecule has 3 rings (SSSR count). The summed E-state index contributed by atoms with van der Waals surface area (Å²) in [5.41, 5.74) is 2.51. The smallest absolute Gasteiger partial charge is 0.271 e. The molecule has 2 aromatic carbocycles. The van der Waals surface area contributed by atoms with E-state index in [-0.39, 0.29) is 5.91 Å². The molecule has 0 aliphatic carbocycles. The molecule has 0 fully saturated rings. The summed E-state index contributed by atoms with van der Waals surface area (Å²) in [6.45, 7) is 11.1. The van der Waals surface area contributed by atoms with Gasteiger partial charge < -0.3 is 10.6 Å². The predicted molar refractivity (Wildman–Crippen MR) is 143 cm³/mol. The number of allylic oxidation sites excluding steroid dienone is 1. The summed E-state index contributed by atoms with van der Waals surface area (Å²) < 4.78 is 1.87. The standard InChI is InChI=1S/C26H29Cl3N4O/c1-5-6-16(2)17(3)30-13-14-31-26(34)24-18(4)33(23-12-11-21(28)15-22(23)29)25(32-24)19-7-9-20(27)10-8-19/h5,7-12,15-17,30H,1,6,13-14H2,2-4H3,(H,31,34). The van der Waals surface area contributed by atoms with Crippen LogP contribution in [0, 0.1) is 12.8 Å². The van der Waals surface area contributed by atoms with E-state index in [1.54, 1.807) is 24.3 Å². The molecule has 2 N–H and O–H groups in total. The number of aromatic nitrogens is 2. The predicted octanol–water partition coefficient (Wildman–Crippen LogP) is 6.73. The topological polar surface area (TPSA) is 58.9 Å². The molecule has 0 aliphatic heterocycles. The summed E-state index contributed by atoms with van der Waals surface area (Å²) in [7, 11) is 0. The Bertz CT molecular complexity index is 1160. The van der Waals surface area contributed by atoms with E-state index in [4.69, 9.17) is 39.8 Å². The number of hydrogen-bond acceptors (Lipinski definition) is 3. The Morgan fingerprint density at radius 2 is 1.76 bits per heavy atom. The first kappa shape index (κ1) is 26.3. The van der Waals surface area contributed by atoms with Gasteiger partial charge in [0, 0.05) is 34.7 Å². The van der Waals surface area contributed by atoms with Gasteiger partial charge in [0.15, 0.2) is 0 Å². The SMILES string of the molecule is C=CCC(C)C(C)NCCNC(=O)c1nc(-c2ccc(Cl)cc2)n(-c2ccc(Cl)cc2Cl)c1C. The van der Waals surface area contributed by atoms with E-state index in [0.29, 0.717) is 63.0 Å². The fourth-order valence-electron chi connectivity index (χ4n) is 3.69. The zero-order chi connectivity index (χ0) is 24.8. The molecule has 34 heavy (non-hydrogen) atoms. The molecule has 0 spiro atoms. The normalized spacial score (nSPS) is 12.9. The number of carbonyl (C=O) groups excluding carboxylic acids is 1. The molecule has 1 aromatic heterocycles. The molecule has 0 aliphatic rings. The van der Waals surface area contributed by atoms with Crippen molar-refractivity contribution in [1.82, 2.24) is 20.2 Å². The molecule has 8 heteroatoms. The van der Waals surface area contributed by atoms with Gasteiger partial charge in [-0.3, -0.25) is 9.36 Å². The first-order valence-corrected chi connectivity index (χ1v) is 12.3. The Balaban J connectivity index is 1.86. The molecule has 1 amide bonds. The van der Waals surface area contributed by atoms with Crippen molar-refractivity contribution in [2.24, 2.45) is 5.92 Å². The van der Waals surface area contributed by atoms with Crippen LogP contribution in [0.2, 0.25) is 15.1 Å². The largest absolute Gasteiger partial charge is 0.349 e. The van der Waals surface area contributed by atoms with E-state index >= 15 is 0 Å². The minimum absolute atomic E-state index is 0.245. The molecular formula is C26H29Cl3N4O. The van der Waals surface area contributed by atoms with Crippen molar-refractivity contribution in [2.45, 2.75) is 33.2 Å². The number of amides is 1. The molecule has 2 atom stereocenters. The van der Waals surface area contributed by atoms with Gasteiger partial charge in [-0.1, -0.05) is 47.8 Å². The fourth-order valence-corrected chi connectivity index (χ4v) is 4.31. The van der Waals surface area contributed by atoms with Crippen LogP contribution in [0.4, 0.5) is 0 Å². The maximum atomic E-state index is 13.1. The molecular weight excluding hydrogens is 491 g/mol. The molecule has 0 saturated carbocycles. The molecule has 0 radical (unpaired) electrons. The summed E-state index contributed by atoms with van der Waals surface area (Å²) in [5.74, 6) is 0.816. The maximum absolute atomic E-state index is 13.1. The van der Waals surface area contributed by atoms with Crippen LogP contribution in [0.15, 0.2) is 55.1 Å². The average molecular weight is 520 g/mol. The van der Waals surface area contributed by atoms with Crippen LogP contribution in [0.3, 0.4) is 0 Å². The second-order valence-corrected chi connectivity index (χ2v) is 9.59. The van der Waals surface area contributed by atoms with Gasteiger partial charge in [-0.2, -0.15) is 0 Å². The summed E-state index contributed by atoms with van der Waals surface area (Å²) in [6, 6.07) is 12.9. The first-order valence-electron chi connectivity index (χ1n) is 11.2. The molecule has 1 heterocycles. The lowest BCUT2D eigenvalue weighted by atomic mass is 10.00. The van der Waals surface area contributed by atoms with Crippen LogP contribution in [0.5, 0.6) is 0 Å². The van der Waals surface area contributed by atoms with E-state index in [0.717, 1.165) is 12.0 Å². The second kappa shape index (κ2) is 11.9. The molecule has 5 nitrogen and oxygen atoms in total. The lowest BCUT2D eigenvalue weighted by molar-refractivity contribution is 0.0948. The second-order valence-electron chi connectivity index (χ2n) is 8.31. The quantitative estimate of drug-likeness (QED) is 0.231. The first-order chi connectivity index (χ1) is 16.2. The van der Waals surface area contributed by atoms with Crippen LogP contribution in [0.1, 0.15) is 36.5 Å². The Hall–Kier alpha value is -2.31. The van der Waals surface area contributed by atoms with E-state index in [2.05, 4.69) is 31.1 Å². The minimum atomic E-state index is -0.245. The highest BCUT2D eigenvalue weighted by atomic mass is 35.5. The van der Waals surface area contributed by atoms with Gasteiger partial charge in [-0.25, -0.2) is 4.98 Å². The summed E-state index contributed by atoms with van der Waals surface area (Å²) in [5, 5.41) is 8.02. The van der Waals surface area contributed by atoms with Crippen LogP contribution >= 0.6 is 34.8 Å². The van der Waals surface area contributed by atoms with Gasteiger partial charge in [0.25, 0.3) is 5.91 Å². The van der Waals surface area contributed by atoms with Crippen LogP contribution in [0.25, 0.3) is 17.1 Å². The summed E-state index contributed by atoms with van der Waals surface area (Å²) in [4.78, 5) is 17.8. The van der Waals surface area contributed by atoms with Gasteiger partial charge in [-0.05, 0) is 68.7 Å². The van der Waals surface area contributed by atoms with Crippen LogP contribution in [-0.2, 0) is 0 Å². The van der Waals surface area contributed by atoms with Crippen molar-refractivity contribution in [1.29, 1.82) is 0 Å². The Morgan fingerprint density at radius 3 is 2.41 bits per heavy atom. The zero-order valence-electron chi connectivity index (χ0n) is 19.5. The summed E-state index contributed by atoms with van der Waals surface area (Å²) in [6.07, 6.45) is 2.87. The van der Waals surface area contributed by atoms with Gasteiger partial charge in [0.1, 0.15) is 11.5 Å². The number of imidazole rings is 1. The van der Waals surface area contributed by atoms with Crippen molar-refractivity contribution in [3.8, 4) is 17.1 Å². The van der Waals surface area contributed by atoms with E-state index < -0.39 is 0 Å². The Kier molecular flexibility index (Phi) is 9.20. The van der Waals surface area contributed by atoms with Gasteiger partial charge in [0.05, 0.1) is 16.4 Å². The van der Waals surface area contributed by atoms with Gasteiger partial charge in [0.2, 0.25) is 0 Å². The highest BCUT2D eigenvalue weighted by molar-refractivity contribution is 6.35. The lowest BCUT2D eigenvalue weighted by Gasteiger charge is -2.20.